The molecule has 0 unspecified atom stereocenters. The lowest BCUT2D eigenvalue weighted by Crippen LogP contribution is -2.39. The molecule has 1 aromatic carbocycles. The maximum Gasteiger partial charge on any atom is 0.251 e. The fourth-order valence-corrected chi connectivity index (χ4v) is 3.10. The van der Waals surface area contributed by atoms with Crippen molar-refractivity contribution in [1.82, 2.24) is 10.6 Å². The summed E-state index contributed by atoms with van der Waals surface area (Å²) in [6.07, 6.45) is 9.64. The van der Waals surface area contributed by atoms with E-state index in [4.69, 9.17) is 5.73 Å². The molecular formula is C20H32N4O. The number of nitrogens with two attached hydrogens (primary N) is 1. The minimum Gasteiger partial charge on any atom is -0.370 e. The summed E-state index contributed by atoms with van der Waals surface area (Å²) in [5, 5.41) is 6.27. The first-order valence-corrected chi connectivity index (χ1v) is 9.62. The fraction of sp³-hybridized carbons (Fsp3) is 0.600. The molecule has 138 valence electrons. The first kappa shape index (κ1) is 19.3. The molecule has 5 heteroatoms. The van der Waals surface area contributed by atoms with E-state index in [-0.39, 0.29) is 5.91 Å². The Labute approximate surface area is 151 Å². The van der Waals surface area contributed by atoms with Gasteiger partial charge in [-0.05, 0) is 37.0 Å². The predicted octanol–water partition coefficient (Wildman–Crippen LogP) is 3.34. The average molecular weight is 345 g/mol. The molecule has 1 aromatic rings. The van der Waals surface area contributed by atoms with Crippen LogP contribution in [0, 0.1) is 0 Å². The second-order valence-corrected chi connectivity index (χ2v) is 6.84. The number of aliphatic imine (C=N–C) groups is 1. The minimum atomic E-state index is -0.0157. The van der Waals surface area contributed by atoms with Gasteiger partial charge in [0.1, 0.15) is 0 Å². The number of amides is 1. The van der Waals surface area contributed by atoms with Crippen LogP contribution in [-0.4, -0.2) is 24.5 Å². The number of rotatable bonds is 7. The summed E-state index contributed by atoms with van der Waals surface area (Å²) in [6.45, 7) is 3.37. The van der Waals surface area contributed by atoms with Gasteiger partial charge in [-0.25, -0.2) is 4.99 Å². The second-order valence-electron chi connectivity index (χ2n) is 6.84. The minimum absolute atomic E-state index is 0.0157. The van der Waals surface area contributed by atoms with Crippen molar-refractivity contribution in [2.75, 3.05) is 6.54 Å². The predicted molar refractivity (Wildman–Crippen MR) is 104 cm³/mol. The fourth-order valence-electron chi connectivity index (χ4n) is 3.10. The van der Waals surface area contributed by atoms with Crippen LogP contribution in [0.5, 0.6) is 0 Å². The molecule has 0 saturated heterocycles. The van der Waals surface area contributed by atoms with Gasteiger partial charge in [-0.15, -0.1) is 0 Å². The maximum atomic E-state index is 12.0. The van der Waals surface area contributed by atoms with Crippen LogP contribution in [0.3, 0.4) is 0 Å². The number of carbonyl (C=O) groups is 1. The molecule has 0 bridgehead atoms. The molecule has 0 aliphatic heterocycles. The quantitative estimate of drug-likeness (QED) is 0.307. The summed E-state index contributed by atoms with van der Waals surface area (Å²) in [6, 6.07) is 8.04. The van der Waals surface area contributed by atoms with Crippen LogP contribution in [0.15, 0.2) is 29.3 Å². The molecule has 1 fully saturated rings. The van der Waals surface area contributed by atoms with Crippen molar-refractivity contribution in [3.8, 4) is 0 Å². The highest BCUT2D eigenvalue weighted by molar-refractivity contribution is 5.94. The van der Waals surface area contributed by atoms with Crippen molar-refractivity contribution >= 4 is 11.9 Å². The van der Waals surface area contributed by atoms with Crippen LogP contribution in [0.2, 0.25) is 0 Å². The topological polar surface area (TPSA) is 79.5 Å². The number of unbranched alkanes of at least 4 members (excludes halogenated alkanes) is 1. The van der Waals surface area contributed by atoms with E-state index in [1.807, 2.05) is 24.3 Å². The van der Waals surface area contributed by atoms with Gasteiger partial charge < -0.3 is 16.4 Å². The molecule has 2 rings (SSSR count). The Hall–Kier alpha value is -2.04. The highest BCUT2D eigenvalue weighted by Crippen LogP contribution is 2.17. The molecule has 0 radical (unpaired) electrons. The molecular weight excluding hydrogens is 312 g/mol. The maximum absolute atomic E-state index is 12.0. The zero-order valence-corrected chi connectivity index (χ0v) is 15.4. The molecule has 4 N–H and O–H groups in total. The van der Waals surface area contributed by atoms with E-state index in [0.717, 1.165) is 24.9 Å². The van der Waals surface area contributed by atoms with Crippen LogP contribution < -0.4 is 16.4 Å². The number of nitrogens with zero attached hydrogens (tertiary/aromatic N) is 1. The number of nitrogens with one attached hydrogen (secondary N) is 2. The first-order valence-electron chi connectivity index (χ1n) is 9.62. The lowest BCUT2D eigenvalue weighted by Gasteiger charge is -2.16. The van der Waals surface area contributed by atoms with E-state index in [0.29, 0.717) is 24.1 Å². The van der Waals surface area contributed by atoms with E-state index >= 15 is 0 Å². The Morgan fingerprint density at radius 2 is 1.84 bits per heavy atom. The molecule has 0 spiro atoms. The van der Waals surface area contributed by atoms with Crippen LogP contribution in [0.1, 0.15) is 74.2 Å². The molecule has 0 atom stereocenters. The average Bonchev–Trinajstić information content (AvgIpc) is 2.89. The Balaban J connectivity index is 1.80. The SMILES string of the molecule is CCCCNC(=O)c1ccc(CN=C(N)NC2CCCCCC2)cc1. The van der Waals surface area contributed by atoms with Crippen LogP contribution in [0.25, 0.3) is 0 Å². The van der Waals surface area contributed by atoms with Gasteiger partial charge in [0, 0.05) is 18.2 Å². The van der Waals surface area contributed by atoms with Crippen molar-refractivity contribution in [3.05, 3.63) is 35.4 Å². The Morgan fingerprint density at radius 1 is 1.16 bits per heavy atom. The molecule has 25 heavy (non-hydrogen) atoms. The van der Waals surface area contributed by atoms with E-state index in [2.05, 4.69) is 22.5 Å². The molecule has 0 aromatic heterocycles. The van der Waals surface area contributed by atoms with Crippen molar-refractivity contribution in [2.24, 2.45) is 10.7 Å². The summed E-state index contributed by atoms with van der Waals surface area (Å²) >= 11 is 0. The van der Waals surface area contributed by atoms with Gasteiger partial charge in [0.05, 0.1) is 6.54 Å². The van der Waals surface area contributed by atoms with Crippen LogP contribution in [0.4, 0.5) is 0 Å². The number of hydrogen-bond acceptors (Lipinski definition) is 2. The van der Waals surface area contributed by atoms with Gasteiger partial charge in [0.25, 0.3) is 5.91 Å². The van der Waals surface area contributed by atoms with Crippen molar-refractivity contribution in [1.29, 1.82) is 0 Å². The van der Waals surface area contributed by atoms with Gasteiger partial charge >= 0.3 is 0 Å². The standard InChI is InChI=1S/C20H32N4O/c1-2-3-14-22-19(25)17-12-10-16(11-13-17)15-23-20(21)24-18-8-6-4-5-7-9-18/h10-13,18H,2-9,14-15H2,1H3,(H,22,25)(H3,21,23,24). The first-order chi connectivity index (χ1) is 12.2. The molecule has 0 heterocycles. The van der Waals surface area contributed by atoms with E-state index in [9.17, 15) is 4.79 Å². The molecule has 1 saturated carbocycles. The lowest BCUT2D eigenvalue weighted by molar-refractivity contribution is 0.0953. The van der Waals surface area contributed by atoms with Gasteiger partial charge in [-0.2, -0.15) is 0 Å². The van der Waals surface area contributed by atoms with Gasteiger partial charge in [-0.3, -0.25) is 4.79 Å². The van der Waals surface area contributed by atoms with Gasteiger partial charge in [-0.1, -0.05) is 51.2 Å². The Bertz CT molecular complexity index is 545. The van der Waals surface area contributed by atoms with Crippen molar-refractivity contribution in [2.45, 2.75) is 70.9 Å². The molecule has 1 aliphatic rings. The largest absolute Gasteiger partial charge is 0.370 e. The van der Waals surface area contributed by atoms with Crippen molar-refractivity contribution in [3.63, 3.8) is 0 Å². The third-order valence-corrected chi connectivity index (χ3v) is 4.67. The molecule has 1 amide bonds. The van der Waals surface area contributed by atoms with Crippen LogP contribution >= 0.6 is 0 Å². The zero-order valence-electron chi connectivity index (χ0n) is 15.4. The van der Waals surface area contributed by atoms with E-state index in [1.165, 1.54) is 38.5 Å². The number of carbonyl (C=O) groups excluding carboxylic acids is 1. The Kier molecular flexibility index (Phi) is 8.29. The Morgan fingerprint density at radius 3 is 2.48 bits per heavy atom. The smallest absolute Gasteiger partial charge is 0.251 e. The monoisotopic (exact) mass is 344 g/mol. The summed E-state index contributed by atoms with van der Waals surface area (Å²) in [7, 11) is 0. The summed E-state index contributed by atoms with van der Waals surface area (Å²) in [4.78, 5) is 16.4. The summed E-state index contributed by atoms with van der Waals surface area (Å²) in [5.41, 5.74) is 7.76. The lowest BCUT2D eigenvalue weighted by atomic mass is 10.1. The summed E-state index contributed by atoms with van der Waals surface area (Å²) in [5.74, 6) is 0.506. The van der Waals surface area contributed by atoms with Gasteiger partial charge in [0.2, 0.25) is 0 Å². The number of benzene rings is 1. The normalized spacial score (nSPS) is 16.3. The molecule has 1 aliphatic carbocycles. The molecule has 5 nitrogen and oxygen atoms in total. The number of hydrogen-bond donors (Lipinski definition) is 3. The van der Waals surface area contributed by atoms with Crippen molar-refractivity contribution < 1.29 is 4.79 Å². The summed E-state index contributed by atoms with van der Waals surface area (Å²) < 4.78 is 0. The van der Waals surface area contributed by atoms with Crippen LogP contribution in [-0.2, 0) is 6.54 Å². The zero-order chi connectivity index (χ0) is 17.9. The highest BCUT2D eigenvalue weighted by Gasteiger charge is 2.12. The van der Waals surface area contributed by atoms with Gasteiger partial charge in [0.15, 0.2) is 5.96 Å². The van der Waals surface area contributed by atoms with E-state index in [1.54, 1.807) is 0 Å². The third kappa shape index (κ3) is 7.16. The highest BCUT2D eigenvalue weighted by atomic mass is 16.1. The van der Waals surface area contributed by atoms with E-state index < -0.39 is 0 Å². The third-order valence-electron chi connectivity index (χ3n) is 4.67. The second kappa shape index (κ2) is 10.7. The number of guanidine groups is 1.